The van der Waals surface area contributed by atoms with Crippen LogP contribution in [0.4, 0.5) is 5.95 Å². The Kier molecular flexibility index (Phi) is 6.86. The molecule has 1 saturated heterocycles. The number of anilines is 1. The van der Waals surface area contributed by atoms with Crippen LogP contribution in [0.25, 0.3) is 27.6 Å². The van der Waals surface area contributed by atoms with E-state index in [9.17, 15) is 0 Å². The molecular formula is C26H22Cl2N6S2. The minimum absolute atomic E-state index is 0.257. The van der Waals surface area contributed by atoms with Crippen molar-refractivity contribution >= 4 is 57.4 Å². The number of piperidine rings is 1. The second-order valence-corrected chi connectivity index (χ2v) is 11.5. The Bertz CT molecular complexity index is 1500. The van der Waals surface area contributed by atoms with Crippen LogP contribution in [-0.4, -0.2) is 42.8 Å². The fourth-order valence-corrected chi connectivity index (χ4v) is 6.46. The number of benzene rings is 2. The molecule has 1 aliphatic rings. The van der Waals surface area contributed by atoms with Crippen molar-refractivity contribution < 1.29 is 0 Å². The SMILES string of the molecule is Clc1ccc(SN2CCC[C@@H](Nc3nccc(-c4c(-c5cccc(Cl)c5)nc5sccn45)n3)C2)cc1. The molecule has 0 radical (unpaired) electrons. The molecule has 182 valence electrons. The molecule has 2 aromatic carbocycles. The van der Waals surface area contributed by atoms with E-state index in [0.717, 1.165) is 58.6 Å². The number of nitrogens with zero attached hydrogens (tertiary/aromatic N) is 5. The monoisotopic (exact) mass is 552 g/mol. The first-order valence-electron chi connectivity index (χ1n) is 11.6. The Morgan fingerprint density at radius 2 is 1.92 bits per heavy atom. The lowest BCUT2D eigenvalue weighted by Crippen LogP contribution is -2.38. The average molecular weight is 554 g/mol. The van der Waals surface area contributed by atoms with Gasteiger partial charge in [-0.25, -0.2) is 19.3 Å². The van der Waals surface area contributed by atoms with Crippen LogP contribution in [0.1, 0.15) is 12.8 Å². The van der Waals surface area contributed by atoms with Crippen LogP contribution >= 0.6 is 46.5 Å². The van der Waals surface area contributed by atoms with E-state index >= 15 is 0 Å². The fourth-order valence-electron chi connectivity index (χ4n) is 4.40. The third-order valence-corrected chi connectivity index (χ3v) is 8.34. The molecule has 0 aliphatic carbocycles. The summed E-state index contributed by atoms with van der Waals surface area (Å²) in [5.41, 5.74) is 3.57. The van der Waals surface area contributed by atoms with Crippen molar-refractivity contribution in [1.29, 1.82) is 0 Å². The normalized spacial score (nSPS) is 16.4. The molecule has 6 rings (SSSR count). The maximum absolute atomic E-state index is 6.29. The first kappa shape index (κ1) is 23.8. The highest BCUT2D eigenvalue weighted by atomic mass is 35.5. The lowest BCUT2D eigenvalue weighted by molar-refractivity contribution is 0.355. The number of imidazole rings is 1. The van der Waals surface area contributed by atoms with E-state index in [-0.39, 0.29) is 6.04 Å². The van der Waals surface area contributed by atoms with Gasteiger partial charge in [-0.1, -0.05) is 35.3 Å². The van der Waals surface area contributed by atoms with Crippen molar-refractivity contribution in [2.45, 2.75) is 23.8 Å². The average Bonchev–Trinajstić information content (AvgIpc) is 3.48. The van der Waals surface area contributed by atoms with Gasteiger partial charge in [0.15, 0.2) is 4.96 Å². The maximum Gasteiger partial charge on any atom is 0.223 e. The van der Waals surface area contributed by atoms with E-state index in [1.165, 1.54) is 4.90 Å². The molecule has 1 N–H and O–H groups in total. The number of fused-ring (bicyclic) bond motifs is 1. The summed E-state index contributed by atoms with van der Waals surface area (Å²) >= 11 is 15.7. The van der Waals surface area contributed by atoms with Gasteiger partial charge in [-0.15, -0.1) is 11.3 Å². The number of halogens is 2. The highest BCUT2D eigenvalue weighted by molar-refractivity contribution is 7.97. The Morgan fingerprint density at radius 3 is 2.78 bits per heavy atom. The third-order valence-electron chi connectivity index (χ3n) is 6.02. The molecule has 0 spiro atoms. The molecule has 3 aromatic heterocycles. The predicted molar refractivity (Wildman–Crippen MR) is 150 cm³/mol. The Balaban J connectivity index is 1.25. The van der Waals surface area contributed by atoms with Gasteiger partial charge in [0.25, 0.3) is 0 Å². The molecule has 36 heavy (non-hydrogen) atoms. The van der Waals surface area contributed by atoms with Crippen molar-refractivity contribution in [3.63, 3.8) is 0 Å². The molecule has 1 aliphatic heterocycles. The van der Waals surface area contributed by atoms with Gasteiger partial charge in [-0.2, -0.15) is 0 Å². The zero-order valence-corrected chi connectivity index (χ0v) is 22.3. The molecule has 0 unspecified atom stereocenters. The summed E-state index contributed by atoms with van der Waals surface area (Å²) < 4.78 is 4.47. The van der Waals surface area contributed by atoms with E-state index < -0.39 is 0 Å². The second kappa shape index (κ2) is 10.4. The van der Waals surface area contributed by atoms with Crippen LogP contribution in [-0.2, 0) is 0 Å². The Morgan fingerprint density at radius 1 is 1.03 bits per heavy atom. The minimum atomic E-state index is 0.257. The van der Waals surface area contributed by atoms with Gasteiger partial charge in [0.2, 0.25) is 5.95 Å². The van der Waals surface area contributed by atoms with E-state index in [4.69, 9.17) is 33.2 Å². The largest absolute Gasteiger partial charge is 0.350 e. The lowest BCUT2D eigenvalue weighted by Gasteiger charge is -2.32. The van der Waals surface area contributed by atoms with Crippen molar-refractivity contribution in [2.24, 2.45) is 0 Å². The first-order chi connectivity index (χ1) is 17.6. The van der Waals surface area contributed by atoms with Crippen molar-refractivity contribution in [2.75, 3.05) is 18.4 Å². The van der Waals surface area contributed by atoms with Gasteiger partial charge < -0.3 is 5.32 Å². The lowest BCUT2D eigenvalue weighted by atomic mass is 10.1. The Hall–Kier alpha value is -2.62. The molecule has 0 amide bonds. The van der Waals surface area contributed by atoms with E-state index in [1.807, 2.05) is 54.0 Å². The van der Waals surface area contributed by atoms with E-state index in [2.05, 4.69) is 31.1 Å². The van der Waals surface area contributed by atoms with Gasteiger partial charge in [0.1, 0.15) is 5.69 Å². The zero-order valence-electron chi connectivity index (χ0n) is 19.1. The van der Waals surface area contributed by atoms with Gasteiger partial charge in [-0.3, -0.25) is 4.40 Å². The number of aromatic nitrogens is 4. The Labute approximate surface area is 227 Å². The van der Waals surface area contributed by atoms with E-state index in [1.54, 1.807) is 29.5 Å². The summed E-state index contributed by atoms with van der Waals surface area (Å²) in [6, 6.07) is 18.0. The van der Waals surface area contributed by atoms with Crippen LogP contribution < -0.4 is 5.32 Å². The van der Waals surface area contributed by atoms with Crippen LogP contribution in [0.15, 0.2) is 77.3 Å². The number of thiazole rings is 1. The van der Waals surface area contributed by atoms with Crippen molar-refractivity contribution in [3.8, 4) is 22.6 Å². The third kappa shape index (κ3) is 5.10. The molecule has 6 nitrogen and oxygen atoms in total. The molecule has 1 atom stereocenters. The number of rotatable bonds is 6. The summed E-state index contributed by atoms with van der Waals surface area (Å²) in [5, 5.41) is 7.04. The highest BCUT2D eigenvalue weighted by Gasteiger charge is 2.23. The first-order valence-corrected chi connectivity index (χ1v) is 14.0. The van der Waals surface area contributed by atoms with Gasteiger partial charge in [-0.05, 0) is 67.3 Å². The second-order valence-electron chi connectivity index (χ2n) is 8.56. The number of hydrogen-bond donors (Lipinski definition) is 1. The van der Waals surface area contributed by atoms with E-state index in [0.29, 0.717) is 11.0 Å². The minimum Gasteiger partial charge on any atom is -0.350 e. The van der Waals surface area contributed by atoms with Crippen LogP contribution in [0.3, 0.4) is 0 Å². The molecule has 10 heteroatoms. The summed E-state index contributed by atoms with van der Waals surface area (Å²) in [6.07, 6.45) is 6.01. The predicted octanol–water partition coefficient (Wildman–Crippen LogP) is 7.41. The number of hydrogen-bond acceptors (Lipinski definition) is 7. The van der Waals surface area contributed by atoms with Crippen LogP contribution in [0, 0.1) is 0 Å². The smallest absolute Gasteiger partial charge is 0.223 e. The van der Waals surface area contributed by atoms with Gasteiger partial charge in [0, 0.05) is 57.4 Å². The molecule has 0 saturated carbocycles. The van der Waals surface area contributed by atoms with Crippen LogP contribution in [0.2, 0.25) is 10.0 Å². The summed E-state index contributed by atoms with van der Waals surface area (Å²) in [4.78, 5) is 16.4. The van der Waals surface area contributed by atoms with Crippen molar-refractivity contribution in [3.05, 3.63) is 82.4 Å². The molecule has 4 heterocycles. The zero-order chi connectivity index (χ0) is 24.5. The topological polar surface area (TPSA) is 58.3 Å². The quantitative estimate of drug-likeness (QED) is 0.221. The standard InChI is InChI=1S/C26H22Cl2N6S2/c27-18-6-8-21(9-7-18)36-33-12-2-5-20(16-33)30-25-29-11-10-22(31-25)24-23(17-3-1-4-19(28)15-17)32-26-34(24)13-14-35-26/h1,3-4,6-11,13-15,20H,2,5,12,16H2,(H,29,30,31)/t20-/m1/s1. The summed E-state index contributed by atoms with van der Waals surface area (Å²) in [7, 11) is 0. The molecule has 0 bridgehead atoms. The van der Waals surface area contributed by atoms with Crippen molar-refractivity contribution in [1.82, 2.24) is 23.7 Å². The summed E-state index contributed by atoms with van der Waals surface area (Å²) in [6.45, 7) is 1.94. The van der Waals surface area contributed by atoms with Gasteiger partial charge >= 0.3 is 0 Å². The highest BCUT2D eigenvalue weighted by Crippen LogP contribution is 2.35. The fraction of sp³-hybridized carbons (Fsp3) is 0.192. The molecule has 1 fully saturated rings. The maximum atomic E-state index is 6.29. The number of nitrogens with one attached hydrogen (secondary N) is 1. The molecular weight excluding hydrogens is 531 g/mol. The van der Waals surface area contributed by atoms with Gasteiger partial charge in [0.05, 0.1) is 11.4 Å². The van der Waals surface area contributed by atoms with Crippen LogP contribution in [0.5, 0.6) is 0 Å². The summed E-state index contributed by atoms with van der Waals surface area (Å²) in [5.74, 6) is 0.623. The molecule has 5 aromatic rings.